The van der Waals surface area contributed by atoms with E-state index in [0.717, 1.165) is 25.0 Å². The van der Waals surface area contributed by atoms with Gasteiger partial charge in [-0.1, -0.05) is 48.5 Å². The van der Waals surface area contributed by atoms with E-state index < -0.39 is 0 Å². The van der Waals surface area contributed by atoms with Crippen molar-refractivity contribution in [3.05, 3.63) is 78.0 Å². The van der Waals surface area contributed by atoms with Crippen LogP contribution in [0.1, 0.15) is 29.9 Å². The predicted molar refractivity (Wildman–Crippen MR) is 91.1 cm³/mol. The zero-order valence-electron chi connectivity index (χ0n) is 12.9. The van der Waals surface area contributed by atoms with Gasteiger partial charge in [0.05, 0.1) is 5.52 Å². The van der Waals surface area contributed by atoms with Crippen molar-refractivity contribution >= 4 is 10.9 Å². The molecule has 0 aliphatic carbocycles. The minimum atomic E-state index is 0.369. The maximum atomic E-state index is 5.22. The van der Waals surface area contributed by atoms with Crippen LogP contribution < -0.4 is 0 Å². The van der Waals surface area contributed by atoms with Gasteiger partial charge in [0, 0.05) is 31.2 Å². The second kappa shape index (κ2) is 7.19. The maximum absolute atomic E-state index is 5.22. The average molecular weight is 291 g/mol. The first-order valence-corrected chi connectivity index (χ1v) is 7.77. The fraction of sp³-hybridized carbons (Fsp3) is 0.250. The van der Waals surface area contributed by atoms with Crippen molar-refractivity contribution in [2.75, 3.05) is 13.7 Å². The van der Waals surface area contributed by atoms with Crippen molar-refractivity contribution in [1.82, 2.24) is 4.98 Å². The van der Waals surface area contributed by atoms with Gasteiger partial charge < -0.3 is 4.74 Å². The molecule has 0 aliphatic rings. The highest BCUT2D eigenvalue weighted by molar-refractivity contribution is 5.79. The molecule has 0 saturated carbocycles. The van der Waals surface area contributed by atoms with Crippen molar-refractivity contribution in [3.63, 3.8) is 0 Å². The number of fused-ring (bicyclic) bond motifs is 1. The van der Waals surface area contributed by atoms with Gasteiger partial charge in [-0.2, -0.15) is 0 Å². The smallest absolute Gasteiger partial charge is 0.0702 e. The van der Waals surface area contributed by atoms with E-state index in [9.17, 15) is 0 Å². The summed E-state index contributed by atoms with van der Waals surface area (Å²) < 4.78 is 5.22. The van der Waals surface area contributed by atoms with Gasteiger partial charge in [-0.05, 0) is 36.1 Å². The lowest BCUT2D eigenvalue weighted by Gasteiger charge is -2.18. The number of hydrogen-bond acceptors (Lipinski definition) is 2. The van der Waals surface area contributed by atoms with Crippen LogP contribution in [0.3, 0.4) is 0 Å². The Kier molecular flexibility index (Phi) is 4.81. The Balaban J connectivity index is 1.95. The maximum Gasteiger partial charge on any atom is 0.0702 e. The third-order valence-electron chi connectivity index (χ3n) is 4.06. The molecular weight excluding hydrogens is 270 g/mol. The summed E-state index contributed by atoms with van der Waals surface area (Å²) in [4.78, 5) is 4.62. The first-order chi connectivity index (χ1) is 10.9. The van der Waals surface area contributed by atoms with Crippen LogP contribution >= 0.6 is 0 Å². The molecule has 2 nitrogen and oxygen atoms in total. The predicted octanol–water partition coefficient (Wildman–Crippen LogP) is 4.79. The standard InChI is InChI=1S/C20H21NO/c1-22-13-7-11-19(16-8-3-2-4-9-16)18-14-17-10-5-6-12-20(17)21-15-18/h2-6,8-10,12,14-15,19H,7,11,13H2,1H3/t19-/m0/s1. The molecular formula is C20H21NO. The van der Waals surface area contributed by atoms with E-state index in [-0.39, 0.29) is 0 Å². The summed E-state index contributed by atoms with van der Waals surface area (Å²) in [5.41, 5.74) is 3.67. The Morgan fingerprint density at radius 2 is 1.73 bits per heavy atom. The summed E-state index contributed by atoms with van der Waals surface area (Å²) in [6.07, 6.45) is 4.13. The average Bonchev–Trinajstić information content (AvgIpc) is 2.59. The highest BCUT2D eigenvalue weighted by Gasteiger charge is 2.14. The molecule has 0 amide bonds. The number of nitrogens with zero attached hydrogens (tertiary/aromatic N) is 1. The Labute approximate surface area is 131 Å². The van der Waals surface area contributed by atoms with Crippen LogP contribution in [0.15, 0.2) is 66.9 Å². The van der Waals surface area contributed by atoms with Crippen molar-refractivity contribution in [2.45, 2.75) is 18.8 Å². The second-order valence-corrected chi connectivity index (χ2v) is 5.56. The van der Waals surface area contributed by atoms with Gasteiger partial charge in [0.25, 0.3) is 0 Å². The molecule has 112 valence electrons. The SMILES string of the molecule is COCCC[C@@H](c1ccccc1)c1cnc2ccccc2c1. The number of methoxy groups -OCH3 is 1. The van der Waals surface area contributed by atoms with Gasteiger partial charge in [-0.3, -0.25) is 4.98 Å². The zero-order chi connectivity index (χ0) is 15.2. The molecule has 2 heteroatoms. The highest BCUT2D eigenvalue weighted by atomic mass is 16.5. The molecule has 1 aromatic heterocycles. The van der Waals surface area contributed by atoms with Crippen LogP contribution in [-0.2, 0) is 4.74 Å². The molecule has 3 aromatic rings. The number of aromatic nitrogens is 1. The topological polar surface area (TPSA) is 22.1 Å². The molecule has 0 unspecified atom stereocenters. The molecule has 1 heterocycles. The van der Waals surface area contributed by atoms with E-state index in [2.05, 4.69) is 59.6 Å². The molecule has 3 rings (SSSR count). The van der Waals surface area contributed by atoms with Crippen LogP contribution in [0.25, 0.3) is 10.9 Å². The summed E-state index contributed by atoms with van der Waals surface area (Å²) in [6, 6.07) is 21.2. The van der Waals surface area contributed by atoms with Gasteiger partial charge in [0.15, 0.2) is 0 Å². The van der Waals surface area contributed by atoms with Gasteiger partial charge in [0.2, 0.25) is 0 Å². The fourth-order valence-electron chi connectivity index (χ4n) is 2.92. The Morgan fingerprint density at radius 3 is 2.55 bits per heavy atom. The van der Waals surface area contributed by atoms with Crippen LogP contribution in [0, 0.1) is 0 Å². The first kappa shape index (κ1) is 14.7. The fourth-order valence-corrected chi connectivity index (χ4v) is 2.92. The number of hydrogen-bond donors (Lipinski definition) is 0. The molecule has 22 heavy (non-hydrogen) atoms. The van der Waals surface area contributed by atoms with Crippen LogP contribution in [0.5, 0.6) is 0 Å². The van der Waals surface area contributed by atoms with Crippen LogP contribution in [0.4, 0.5) is 0 Å². The number of benzene rings is 2. The lowest BCUT2D eigenvalue weighted by molar-refractivity contribution is 0.191. The lowest BCUT2D eigenvalue weighted by Crippen LogP contribution is -2.04. The number of para-hydroxylation sites is 1. The number of pyridine rings is 1. The number of ether oxygens (including phenoxy) is 1. The van der Waals surface area contributed by atoms with Gasteiger partial charge in [-0.15, -0.1) is 0 Å². The summed E-state index contributed by atoms with van der Waals surface area (Å²) in [5.74, 6) is 0.369. The quantitative estimate of drug-likeness (QED) is 0.609. The molecule has 0 spiro atoms. The molecule has 0 saturated heterocycles. The van der Waals surface area contributed by atoms with E-state index in [1.807, 2.05) is 12.3 Å². The van der Waals surface area contributed by atoms with E-state index in [1.165, 1.54) is 16.5 Å². The van der Waals surface area contributed by atoms with Gasteiger partial charge in [0.1, 0.15) is 0 Å². The van der Waals surface area contributed by atoms with Gasteiger partial charge in [-0.25, -0.2) is 0 Å². The summed E-state index contributed by atoms with van der Waals surface area (Å²) in [6.45, 7) is 0.796. The summed E-state index contributed by atoms with van der Waals surface area (Å²) >= 11 is 0. The molecule has 0 bridgehead atoms. The highest BCUT2D eigenvalue weighted by Crippen LogP contribution is 2.30. The first-order valence-electron chi connectivity index (χ1n) is 7.77. The molecule has 2 aromatic carbocycles. The third kappa shape index (κ3) is 3.34. The van der Waals surface area contributed by atoms with E-state index in [4.69, 9.17) is 4.74 Å². The van der Waals surface area contributed by atoms with Crippen molar-refractivity contribution in [1.29, 1.82) is 0 Å². The third-order valence-corrected chi connectivity index (χ3v) is 4.06. The lowest BCUT2D eigenvalue weighted by atomic mass is 9.88. The monoisotopic (exact) mass is 291 g/mol. The Morgan fingerprint density at radius 1 is 0.955 bits per heavy atom. The normalized spacial score (nSPS) is 12.4. The molecule has 0 fully saturated rings. The van der Waals surface area contributed by atoms with E-state index in [1.54, 1.807) is 7.11 Å². The van der Waals surface area contributed by atoms with Gasteiger partial charge >= 0.3 is 0 Å². The summed E-state index contributed by atoms with van der Waals surface area (Å²) in [5, 5.41) is 1.20. The van der Waals surface area contributed by atoms with Crippen molar-refractivity contribution in [2.24, 2.45) is 0 Å². The molecule has 0 aliphatic heterocycles. The Bertz CT molecular complexity index is 724. The van der Waals surface area contributed by atoms with E-state index in [0.29, 0.717) is 5.92 Å². The van der Waals surface area contributed by atoms with Crippen molar-refractivity contribution in [3.8, 4) is 0 Å². The number of rotatable bonds is 6. The summed E-state index contributed by atoms with van der Waals surface area (Å²) in [7, 11) is 1.76. The molecule has 0 radical (unpaired) electrons. The Hall–Kier alpha value is -2.19. The minimum Gasteiger partial charge on any atom is -0.385 e. The van der Waals surface area contributed by atoms with Crippen LogP contribution in [0.2, 0.25) is 0 Å². The molecule has 1 atom stereocenters. The zero-order valence-corrected chi connectivity index (χ0v) is 12.9. The minimum absolute atomic E-state index is 0.369. The van der Waals surface area contributed by atoms with E-state index >= 15 is 0 Å². The van der Waals surface area contributed by atoms with Crippen LogP contribution in [-0.4, -0.2) is 18.7 Å². The van der Waals surface area contributed by atoms with Crippen molar-refractivity contribution < 1.29 is 4.74 Å². The second-order valence-electron chi connectivity index (χ2n) is 5.56. The largest absolute Gasteiger partial charge is 0.385 e. The molecule has 0 N–H and O–H groups in total.